The molecule has 10 nitrogen and oxygen atoms in total. The highest BCUT2D eigenvalue weighted by Gasteiger charge is 2.10. The van der Waals surface area contributed by atoms with Gasteiger partial charge in [-0.05, 0) is 104 Å². The van der Waals surface area contributed by atoms with Gasteiger partial charge >= 0.3 is 0 Å². The van der Waals surface area contributed by atoms with Crippen LogP contribution in [-0.2, 0) is 0 Å². The van der Waals surface area contributed by atoms with Crippen molar-refractivity contribution in [3.8, 4) is 0 Å². The standard InChI is InChI=1S/C32H56N10/c1-27-21-28(2)38-18-6-14-34-24-41(23-33-13-5-17-37-27)31-9-11-32(12-10-31)42-25-35-15-7-19-39-29(3)22-30(4)40-20-8-16-36-26-42/h9-12,33-36H,5-8,13-26H2,1-4H3. The number of rotatable bonds is 2. The molecule has 1 aromatic carbocycles. The van der Waals surface area contributed by atoms with Crippen LogP contribution in [0, 0.1) is 0 Å². The highest BCUT2D eigenvalue weighted by atomic mass is 15.3. The minimum atomic E-state index is 0.795. The average molecular weight is 581 g/mol. The van der Waals surface area contributed by atoms with E-state index in [1.165, 1.54) is 34.2 Å². The Balaban J connectivity index is 1.60. The largest absolute Gasteiger partial charge is 0.346 e. The molecular weight excluding hydrogens is 524 g/mol. The van der Waals surface area contributed by atoms with Gasteiger partial charge in [-0.15, -0.1) is 0 Å². The van der Waals surface area contributed by atoms with Crippen LogP contribution in [0.2, 0.25) is 0 Å². The summed E-state index contributed by atoms with van der Waals surface area (Å²) in [5, 5.41) is 14.5. The Bertz CT molecular complexity index is 878. The quantitative estimate of drug-likeness (QED) is 0.426. The molecule has 0 radical (unpaired) electrons. The second-order valence-corrected chi connectivity index (χ2v) is 11.5. The summed E-state index contributed by atoms with van der Waals surface area (Å²) >= 11 is 0. The number of hydrogen-bond acceptors (Lipinski definition) is 10. The molecule has 2 heterocycles. The van der Waals surface area contributed by atoms with Gasteiger partial charge in [-0.25, -0.2) is 0 Å². The van der Waals surface area contributed by atoms with Crippen LogP contribution in [0.3, 0.4) is 0 Å². The van der Waals surface area contributed by atoms with Gasteiger partial charge in [0.2, 0.25) is 0 Å². The molecule has 1 aromatic rings. The highest BCUT2D eigenvalue weighted by Crippen LogP contribution is 2.20. The fourth-order valence-electron chi connectivity index (χ4n) is 5.07. The van der Waals surface area contributed by atoms with Crippen LogP contribution < -0.4 is 31.1 Å². The zero-order chi connectivity index (χ0) is 29.8. The van der Waals surface area contributed by atoms with Crippen LogP contribution in [0.15, 0.2) is 44.2 Å². The van der Waals surface area contributed by atoms with Crippen LogP contribution in [0.4, 0.5) is 11.4 Å². The normalized spacial score (nSPS) is 21.1. The van der Waals surface area contributed by atoms with E-state index in [4.69, 9.17) is 20.0 Å². The van der Waals surface area contributed by atoms with Crippen molar-refractivity contribution in [1.29, 1.82) is 0 Å². The molecule has 0 saturated carbocycles. The van der Waals surface area contributed by atoms with E-state index >= 15 is 0 Å². The molecule has 3 rings (SSSR count). The minimum absolute atomic E-state index is 0.795. The van der Waals surface area contributed by atoms with Gasteiger partial charge in [0.1, 0.15) is 0 Å². The van der Waals surface area contributed by atoms with E-state index in [0.29, 0.717) is 0 Å². The molecule has 0 unspecified atom stereocenters. The molecule has 0 aromatic heterocycles. The third kappa shape index (κ3) is 14.0. The summed E-state index contributed by atoms with van der Waals surface area (Å²) in [6.07, 6.45) is 5.89. The summed E-state index contributed by atoms with van der Waals surface area (Å²) in [6.45, 7) is 18.8. The van der Waals surface area contributed by atoms with Gasteiger partial charge in [0.05, 0.1) is 26.7 Å². The van der Waals surface area contributed by atoms with Gasteiger partial charge in [0, 0.05) is 73.2 Å². The zero-order valence-electron chi connectivity index (χ0n) is 26.7. The van der Waals surface area contributed by atoms with E-state index in [1.54, 1.807) is 0 Å². The van der Waals surface area contributed by atoms with Gasteiger partial charge in [0.25, 0.3) is 0 Å². The average Bonchev–Trinajstić information content (AvgIpc) is 2.96. The first-order valence-electron chi connectivity index (χ1n) is 15.9. The molecule has 0 amide bonds. The number of nitrogens with one attached hydrogen (secondary N) is 4. The first kappa shape index (κ1) is 33.8. The first-order valence-corrected chi connectivity index (χ1v) is 15.9. The van der Waals surface area contributed by atoms with Crippen molar-refractivity contribution >= 4 is 34.2 Å². The van der Waals surface area contributed by atoms with Crippen LogP contribution in [-0.4, -0.2) is 102 Å². The van der Waals surface area contributed by atoms with Crippen molar-refractivity contribution in [3.05, 3.63) is 24.3 Å². The van der Waals surface area contributed by atoms with Crippen molar-refractivity contribution < 1.29 is 0 Å². The molecule has 0 atom stereocenters. The lowest BCUT2D eigenvalue weighted by atomic mass is 10.2. The Morgan fingerprint density at radius 2 is 0.714 bits per heavy atom. The van der Waals surface area contributed by atoms with Gasteiger partial charge < -0.3 is 9.80 Å². The summed E-state index contributed by atoms with van der Waals surface area (Å²) in [7, 11) is 0. The predicted molar refractivity (Wildman–Crippen MR) is 182 cm³/mol. The molecule has 0 aliphatic carbocycles. The maximum Gasteiger partial charge on any atom is 0.0695 e. The highest BCUT2D eigenvalue weighted by molar-refractivity contribution is 6.02. The maximum atomic E-state index is 4.74. The Hall–Kier alpha value is -2.66. The lowest BCUT2D eigenvalue weighted by molar-refractivity contribution is 0.574. The smallest absolute Gasteiger partial charge is 0.0695 e. The number of aliphatic imine (C=N–C) groups is 4. The zero-order valence-corrected chi connectivity index (χ0v) is 26.7. The fraction of sp³-hybridized carbons (Fsp3) is 0.688. The molecule has 2 aliphatic heterocycles. The van der Waals surface area contributed by atoms with Crippen molar-refractivity contribution in [3.63, 3.8) is 0 Å². The van der Waals surface area contributed by atoms with Crippen LogP contribution in [0.25, 0.3) is 0 Å². The molecular formula is C32H56N10. The molecule has 10 heteroatoms. The Morgan fingerprint density at radius 3 is 0.976 bits per heavy atom. The number of nitrogens with zero attached hydrogens (tertiary/aromatic N) is 6. The van der Waals surface area contributed by atoms with Gasteiger partial charge in [0.15, 0.2) is 0 Å². The minimum Gasteiger partial charge on any atom is -0.346 e. The van der Waals surface area contributed by atoms with Gasteiger partial charge in [-0.1, -0.05) is 0 Å². The predicted octanol–water partition coefficient (Wildman–Crippen LogP) is 3.70. The summed E-state index contributed by atoms with van der Waals surface area (Å²) in [4.78, 5) is 23.7. The van der Waals surface area contributed by atoms with Gasteiger partial charge in [-0.2, -0.15) is 0 Å². The fourth-order valence-corrected chi connectivity index (χ4v) is 5.07. The van der Waals surface area contributed by atoms with E-state index in [9.17, 15) is 0 Å². The third-order valence-corrected chi connectivity index (χ3v) is 7.39. The summed E-state index contributed by atoms with van der Waals surface area (Å²) in [6, 6.07) is 8.97. The van der Waals surface area contributed by atoms with E-state index in [1.807, 2.05) is 0 Å². The monoisotopic (exact) mass is 580 g/mol. The number of anilines is 2. The lowest BCUT2D eigenvalue weighted by Crippen LogP contribution is -2.42. The molecule has 0 bridgehead atoms. The molecule has 4 N–H and O–H groups in total. The maximum absolute atomic E-state index is 4.74. The second kappa shape index (κ2) is 20.3. The number of hydrogen-bond donors (Lipinski definition) is 4. The summed E-state index contributed by atoms with van der Waals surface area (Å²) < 4.78 is 0. The number of benzene rings is 1. The molecule has 0 fully saturated rings. The van der Waals surface area contributed by atoms with E-state index < -0.39 is 0 Å². The van der Waals surface area contributed by atoms with Crippen LogP contribution in [0.5, 0.6) is 0 Å². The SMILES string of the molecule is CC1=NCCCNCN(c2ccc(N3CNCCCN=C(C)CC(C)=NCCCNC3)cc2)CNCCCN=C(C)C1. The molecule has 234 valence electrons. The Morgan fingerprint density at radius 1 is 0.452 bits per heavy atom. The second-order valence-electron chi connectivity index (χ2n) is 11.5. The molecule has 0 spiro atoms. The topological polar surface area (TPSA) is 104 Å². The van der Waals surface area contributed by atoms with Crippen LogP contribution in [0.1, 0.15) is 66.2 Å². The summed E-state index contributed by atoms with van der Waals surface area (Å²) in [5.41, 5.74) is 7.12. The lowest BCUT2D eigenvalue weighted by Gasteiger charge is -2.28. The Kier molecular flexibility index (Phi) is 16.3. The third-order valence-electron chi connectivity index (χ3n) is 7.39. The van der Waals surface area contributed by atoms with E-state index in [-0.39, 0.29) is 0 Å². The van der Waals surface area contributed by atoms with Gasteiger partial charge in [-0.3, -0.25) is 41.2 Å². The van der Waals surface area contributed by atoms with E-state index in [2.05, 4.69) is 83.0 Å². The van der Waals surface area contributed by atoms with Crippen molar-refractivity contribution in [2.45, 2.75) is 66.2 Å². The molecule has 2 aliphatic rings. The van der Waals surface area contributed by atoms with E-state index in [0.717, 1.165) is 118 Å². The Labute approximate surface area is 254 Å². The first-order chi connectivity index (χ1) is 20.5. The van der Waals surface area contributed by atoms with Crippen LogP contribution >= 0.6 is 0 Å². The van der Waals surface area contributed by atoms with Crippen molar-refractivity contribution in [2.75, 3.05) is 88.8 Å². The molecule has 0 saturated heterocycles. The summed E-state index contributed by atoms with van der Waals surface area (Å²) in [5.74, 6) is 0. The van der Waals surface area contributed by atoms with Crippen molar-refractivity contribution in [1.82, 2.24) is 21.3 Å². The molecule has 42 heavy (non-hydrogen) atoms. The van der Waals surface area contributed by atoms with Crippen molar-refractivity contribution in [2.24, 2.45) is 20.0 Å².